The number of rotatable bonds is 4. The highest BCUT2D eigenvalue weighted by Gasteiger charge is 2.52. The average molecular weight is 373 g/mol. The molecular weight excluding hydrogens is 344 g/mol. The van der Waals surface area contributed by atoms with Crippen LogP contribution in [0.5, 0.6) is 5.75 Å². The summed E-state index contributed by atoms with van der Waals surface area (Å²) in [6.07, 6.45) is 4.77. The lowest BCUT2D eigenvalue weighted by Gasteiger charge is -2.35. The Labute approximate surface area is 160 Å². The van der Waals surface area contributed by atoms with Gasteiger partial charge < -0.3 is 19.9 Å². The standard InChI is InChI=1S/C20H28N4O3/c1-27-17-7-5-16(6-8-17)23-13-11-22(12-14-23)15-24-18(25)20(21-19(24)26)9-3-2-4-10-20/h5-8H,2-4,9-15H2,1H3,(H,21,26)/p+1. The molecule has 146 valence electrons. The predicted octanol–water partition coefficient (Wildman–Crippen LogP) is 0.612. The van der Waals surface area contributed by atoms with Crippen molar-refractivity contribution in [3.05, 3.63) is 24.3 Å². The maximum absolute atomic E-state index is 12.9. The van der Waals surface area contributed by atoms with Gasteiger partial charge >= 0.3 is 6.03 Å². The van der Waals surface area contributed by atoms with Gasteiger partial charge in [0.25, 0.3) is 5.91 Å². The number of benzene rings is 1. The molecule has 3 aliphatic rings. The van der Waals surface area contributed by atoms with Crippen LogP contribution in [0.4, 0.5) is 10.5 Å². The van der Waals surface area contributed by atoms with Crippen LogP contribution in [0.15, 0.2) is 24.3 Å². The van der Waals surface area contributed by atoms with Gasteiger partial charge in [0.05, 0.1) is 33.3 Å². The largest absolute Gasteiger partial charge is 0.497 e. The highest BCUT2D eigenvalue weighted by atomic mass is 16.5. The topological polar surface area (TPSA) is 66.3 Å². The van der Waals surface area contributed by atoms with Crippen molar-refractivity contribution >= 4 is 17.6 Å². The number of hydrogen-bond acceptors (Lipinski definition) is 4. The van der Waals surface area contributed by atoms with Gasteiger partial charge in [-0.2, -0.15) is 0 Å². The monoisotopic (exact) mass is 373 g/mol. The lowest BCUT2D eigenvalue weighted by molar-refractivity contribution is -0.907. The zero-order chi connectivity index (χ0) is 18.9. The van der Waals surface area contributed by atoms with Crippen molar-refractivity contribution in [3.8, 4) is 5.75 Å². The first kappa shape index (κ1) is 18.1. The summed E-state index contributed by atoms with van der Waals surface area (Å²) in [6.45, 7) is 4.13. The Bertz CT molecular complexity index is 692. The lowest BCUT2D eigenvalue weighted by Crippen LogP contribution is -3.16. The first-order chi connectivity index (χ1) is 13.1. The zero-order valence-corrected chi connectivity index (χ0v) is 16.0. The summed E-state index contributed by atoms with van der Waals surface area (Å²) in [5.74, 6) is 0.857. The van der Waals surface area contributed by atoms with Crippen LogP contribution in [-0.2, 0) is 4.79 Å². The van der Waals surface area contributed by atoms with Crippen molar-refractivity contribution in [1.29, 1.82) is 0 Å². The summed E-state index contributed by atoms with van der Waals surface area (Å²) in [7, 11) is 1.67. The Hall–Kier alpha value is -2.28. The molecule has 2 heterocycles. The number of ether oxygens (including phenoxy) is 1. The first-order valence-electron chi connectivity index (χ1n) is 9.98. The molecule has 0 unspecified atom stereocenters. The fourth-order valence-electron chi connectivity index (χ4n) is 4.57. The number of imide groups is 1. The number of carbonyl (C=O) groups excluding carboxylic acids is 2. The van der Waals surface area contributed by atoms with Crippen LogP contribution >= 0.6 is 0 Å². The summed E-state index contributed by atoms with van der Waals surface area (Å²) in [5, 5.41) is 3.01. The Kier molecular flexibility index (Phi) is 4.95. The summed E-state index contributed by atoms with van der Waals surface area (Å²) in [6, 6.07) is 7.91. The van der Waals surface area contributed by atoms with Gasteiger partial charge in [-0.1, -0.05) is 19.3 Å². The molecule has 1 aromatic carbocycles. The normalized spacial score (nSPS) is 23.0. The molecule has 0 radical (unpaired) electrons. The third-order valence-electron chi connectivity index (χ3n) is 6.24. The molecule has 0 atom stereocenters. The maximum atomic E-state index is 12.9. The second-order valence-electron chi connectivity index (χ2n) is 7.90. The molecule has 0 bridgehead atoms. The minimum absolute atomic E-state index is 0.00251. The third-order valence-corrected chi connectivity index (χ3v) is 6.24. The lowest BCUT2D eigenvalue weighted by atomic mass is 9.82. The van der Waals surface area contributed by atoms with Gasteiger partial charge in [0.1, 0.15) is 11.3 Å². The smallest absolute Gasteiger partial charge is 0.329 e. The number of methoxy groups -OCH3 is 1. The van der Waals surface area contributed by atoms with Gasteiger partial charge in [-0.15, -0.1) is 0 Å². The molecule has 1 aromatic rings. The fraction of sp³-hybridized carbons (Fsp3) is 0.600. The van der Waals surface area contributed by atoms with Gasteiger partial charge in [0.15, 0.2) is 6.67 Å². The van der Waals surface area contributed by atoms with E-state index < -0.39 is 5.54 Å². The van der Waals surface area contributed by atoms with Gasteiger partial charge in [-0.25, -0.2) is 9.69 Å². The van der Waals surface area contributed by atoms with E-state index in [1.165, 1.54) is 15.5 Å². The molecule has 3 fully saturated rings. The molecule has 3 amide bonds. The van der Waals surface area contributed by atoms with Crippen molar-refractivity contribution in [1.82, 2.24) is 10.2 Å². The molecule has 2 aliphatic heterocycles. The maximum Gasteiger partial charge on any atom is 0.329 e. The quantitative estimate of drug-likeness (QED) is 0.759. The van der Waals surface area contributed by atoms with Crippen LogP contribution in [-0.4, -0.2) is 62.3 Å². The minimum Gasteiger partial charge on any atom is -0.497 e. The number of quaternary nitrogens is 1. The van der Waals surface area contributed by atoms with E-state index in [4.69, 9.17) is 4.74 Å². The van der Waals surface area contributed by atoms with E-state index in [2.05, 4.69) is 22.3 Å². The van der Waals surface area contributed by atoms with Crippen LogP contribution in [0, 0.1) is 0 Å². The highest BCUT2D eigenvalue weighted by molar-refractivity contribution is 6.06. The molecule has 4 rings (SSSR count). The summed E-state index contributed by atoms with van der Waals surface area (Å²) < 4.78 is 5.22. The molecule has 0 aromatic heterocycles. The van der Waals surface area contributed by atoms with E-state index in [1.54, 1.807) is 7.11 Å². The number of carbonyl (C=O) groups is 2. The molecule has 2 N–H and O–H groups in total. The van der Waals surface area contributed by atoms with Gasteiger partial charge in [0, 0.05) is 5.69 Å². The third kappa shape index (κ3) is 3.48. The molecule has 1 aliphatic carbocycles. The average Bonchev–Trinajstić information content (AvgIpc) is 2.93. The number of anilines is 1. The summed E-state index contributed by atoms with van der Waals surface area (Å²) >= 11 is 0. The van der Waals surface area contributed by atoms with Crippen LogP contribution in [0.2, 0.25) is 0 Å². The van der Waals surface area contributed by atoms with Crippen molar-refractivity contribution < 1.29 is 19.2 Å². The molecule has 7 nitrogen and oxygen atoms in total. The van der Waals surface area contributed by atoms with Crippen molar-refractivity contribution in [2.24, 2.45) is 0 Å². The molecule has 1 saturated carbocycles. The van der Waals surface area contributed by atoms with Crippen LogP contribution in [0.25, 0.3) is 0 Å². The van der Waals surface area contributed by atoms with Gasteiger partial charge in [-0.3, -0.25) is 4.79 Å². The van der Waals surface area contributed by atoms with Gasteiger partial charge in [0.2, 0.25) is 0 Å². The molecular formula is C20H29N4O3+. The van der Waals surface area contributed by atoms with Crippen LogP contribution in [0.1, 0.15) is 32.1 Å². The predicted molar refractivity (Wildman–Crippen MR) is 102 cm³/mol. The second-order valence-corrected chi connectivity index (χ2v) is 7.90. The molecule has 7 heteroatoms. The summed E-state index contributed by atoms with van der Waals surface area (Å²) in [5.41, 5.74) is 0.575. The number of amides is 3. The zero-order valence-electron chi connectivity index (χ0n) is 16.0. The Morgan fingerprint density at radius 3 is 2.37 bits per heavy atom. The van der Waals surface area contributed by atoms with E-state index >= 15 is 0 Å². The van der Waals surface area contributed by atoms with Crippen molar-refractivity contribution in [2.45, 2.75) is 37.6 Å². The van der Waals surface area contributed by atoms with Crippen LogP contribution < -0.4 is 19.9 Å². The highest BCUT2D eigenvalue weighted by Crippen LogP contribution is 2.33. The number of nitrogens with zero attached hydrogens (tertiary/aromatic N) is 2. The first-order valence-corrected chi connectivity index (χ1v) is 9.98. The molecule has 2 saturated heterocycles. The minimum atomic E-state index is -0.611. The SMILES string of the molecule is COc1ccc(N2CC[NH+](CN3C(=O)NC4(CCCCC4)C3=O)CC2)cc1. The summed E-state index contributed by atoms with van der Waals surface area (Å²) in [4.78, 5) is 30.5. The van der Waals surface area contributed by atoms with E-state index in [0.29, 0.717) is 6.67 Å². The van der Waals surface area contributed by atoms with Crippen molar-refractivity contribution in [2.75, 3.05) is 44.9 Å². The number of nitrogens with one attached hydrogen (secondary N) is 2. The van der Waals surface area contributed by atoms with E-state index in [0.717, 1.165) is 64.0 Å². The Balaban J connectivity index is 1.33. The van der Waals surface area contributed by atoms with Gasteiger partial charge in [-0.05, 0) is 37.1 Å². The molecule has 1 spiro atoms. The number of piperazine rings is 1. The second kappa shape index (κ2) is 7.38. The van der Waals surface area contributed by atoms with Crippen molar-refractivity contribution in [3.63, 3.8) is 0 Å². The van der Waals surface area contributed by atoms with E-state index in [1.807, 2.05) is 12.1 Å². The van der Waals surface area contributed by atoms with E-state index in [9.17, 15) is 9.59 Å². The van der Waals surface area contributed by atoms with E-state index in [-0.39, 0.29) is 11.9 Å². The number of hydrogen-bond donors (Lipinski definition) is 2. The Morgan fingerprint density at radius 1 is 1.07 bits per heavy atom. The van der Waals surface area contributed by atoms with Crippen LogP contribution in [0.3, 0.4) is 0 Å². The molecule has 27 heavy (non-hydrogen) atoms. The number of urea groups is 1. The fourth-order valence-corrected chi connectivity index (χ4v) is 4.57. The Morgan fingerprint density at radius 2 is 1.74 bits per heavy atom.